The molecule has 3 aliphatic heterocycles. The summed E-state index contributed by atoms with van der Waals surface area (Å²) in [7, 11) is 0. The number of nitrogens with zero attached hydrogens (tertiary/aromatic N) is 4. The third kappa shape index (κ3) is 4.01. The monoisotopic (exact) mass is 441 g/mol. The Labute approximate surface area is 180 Å². The van der Waals surface area contributed by atoms with Crippen molar-refractivity contribution in [2.75, 3.05) is 12.9 Å². The fourth-order valence-electron chi connectivity index (χ4n) is 4.04. The van der Waals surface area contributed by atoms with Gasteiger partial charge < -0.3 is 25.4 Å². The number of aliphatic hydroxyl groups excluding tert-OH is 2. The highest BCUT2D eigenvalue weighted by atomic mass is 32.2. The summed E-state index contributed by atoms with van der Waals surface area (Å²) in [5.74, 6) is 0.345. The van der Waals surface area contributed by atoms with Gasteiger partial charge in [0, 0.05) is 6.42 Å². The molecular weight excluding hydrogens is 410 g/mol. The van der Waals surface area contributed by atoms with Gasteiger partial charge in [-0.25, -0.2) is 15.0 Å². The van der Waals surface area contributed by atoms with Crippen LogP contribution in [-0.4, -0.2) is 87.5 Å². The number of aliphatic imine (C=N–C) groups is 3. The fourth-order valence-corrected chi connectivity index (χ4v) is 5.04. The Hall–Kier alpha value is -1.53. The van der Waals surface area contributed by atoms with E-state index in [4.69, 9.17) is 15.2 Å². The van der Waals surface area contributed by atoms with Gasteiger partial charge in [-0.2, -0.15) is 0 Å². The van der Waals surface area contributed by atoms with Crippen LogP contribution in [0.3, 0.4) is 0 Å². The standard InChI is InChI=1S/C19H31N5O5S/c1-4-28-13(25)8-6-5-7-9-18(20)19(30-3)17(21-10-22-18)24(11-23-19)16-15(27)14(26)12(2)29-16/h10-12,14-16,26-27H,4-9,20H2,1-3H3/t12-,14-,15-,16-,18?,19?/m1/s1. The van der Waals surface area contributed by atoms with Crippen molar-refractivity contribution < 1.29 is 24.5 Å². The Morgan fingerprint density at radius 2 is 2.10 bits per heavy atom. The summed E-state index contributed by atoms with van der Waals surface area (Å²) in [6.45, 7) is 3.89. The van der Waals surface area contributed by atoms with Gasteiger partial charge in [0.2, 0.25) is 4.87 Å². The van der Waals surface area contributed by atoms with Crippen LogP contribution in [-0.2, 0) is 14.3 Å². The van der Waals surface area contributed by atoms with E-state index in [0.29, 0.717) is 25.3 Å². The van der Waals surface area contributed by atoms with E-state index in [9.17, 15) is 15.0 Å². The first-order valence-corrected chi connectivity index (χ1v) is 11.5. The molecular formula is C19H31N5O5S. The molecule has 3 heterocycles. The zero-order valence-corrected chi connectivity index (χ0v) is 18.4. The lowest BCUT2D eigenvalue weighted by Crippen LogP contribution is -2.64. The lowest BCUT2D eigenvalue weighted by molar-refractivity contribution is -0.143. The molecule has 0 saturated carbocycles. The molecule has 6 atom stereocenters. The summed E-state index contributed by atoms with van der Waals surface area (Å²) in [5.41, 5.74) is 5.71. The summed E-state index contributed by atoms with van der Waals surface area (Å²) in [4.78, 5) is 25.7. The lowest BCUT2D eigenvalue weighted by Gasteiger charge is -2.43. The maximum Gasteiger partial charge on any atom is 0.305 e. The number of unbranched alkanes of at least 4 members (excludes halogenated alkanes) is 2. The Kier molecular flexibility index (Phi) is 7.18. The molecule has 3 aliphatic rings. The number of amidine groups is 1. The molecule has 10 nitrogen and oxygen atoms in total. The highest BCUT2D eigenvalue weighted by molar-refractivity contribution is 8.00. The van der Waals surface area contributed by atoms with Gasteiger partial charge in [-0.15, -0.1) is 11.8 Å². The number of hydrogen-bond donors (Lipinski definition) is 3. The van der Waals surface area contributed by atoms with Gasteiger partial charge in [0.05, 0.1) is 19.0 Å². The molecule has 1 saturated heterocycles. The molecule has 0 aromatic carbocycles. The molecule has 4 N–H and O–H groups in total. The van der Waals surface area contributed by atoms with E-state index >= 15 is 0 Å². The second-order valence-electron chi connectivity index (χ2n) is 7.70. The molecule has 0 aromatic rings. The fraction of sp³-hybridized carbons (Fsp3) is 0.789. The summed E-state index contributed by atoms with van der Waals surface area (Å²) >= 11 is 1.43. The SMILES string of the molecule is CCOC(=O)CCCCCC1(N)N=CN=C2N([C@@H]3O[C@H](C)[C@@H](O)[C@H]3O)C=NC21SC. The molecule has 0 amide bonds. The first-order valence-electron chi connectivity index (χ1n) is 10.3. The van der Waals surface area contributed by atoms with Gasteiger partial charge in [-0.05, 0) is 39.4 Å². The van der Waals surface area contributed by atoms with Crippen LogP contribution in [0.4, 0.5) is 0 Å². The average Bonchev–Trinajstić information content (AvgIpc) is 3.22. The zero-order valence-electron chi connectivity index (χ0n) is 17.6. The number of esters is 1. The van der Waals surface area contributed by atoms with Gasteiger partial charge in [0.15, 0.2) is 17.7 Å². The van der Waals surface area contributed by atoms with Gasteiger partial charge in [-0.3, -0.25) is 9.69 Å². The Morgan fingerprint density at radius 3 is 2.73 bits per heavy atom. The molecule has 2 unspecified atom stereocenters. The van der Waals surface area contributed by atoms with Crippen LogP contribution in [0.15, 0.2) is 15.0 Å². The number of rotatable bonds is 9. The van der Waals surface area contributed by atoms with Gasteiger partial charge >= 0.3 is 5.97 Å². The topological polar surface area (TPSA) is 142 Å². The molecule has 11 heteroatoms. The molecule has 1 fully saturated rings. The summed E-state index contributed by atoms with van der Waals surface area (Å²) in [6, 6.07) is 0. The molecule has 30 heavy (non-hydrogen) atoms. The van der Waals surface area contributed by atoms with Crippen molar-refractivity contribution in [1.82, 2.24) is 4.90 Å². The third-order valence-electron chi connectivity index (χ3n) is 5.76. The van der Waals surface area contributed by atoms with Crippen molar-refractivity contribution in [2.24, 2.45) is 20.7 Å². The van der Waals surface area contributed by atoms with Crippen LogP contribution in [0.1, 0.15) is 46.0 Å². The van der Waals surface area contributed by atoms with E-state index in [0.717, 1.165) is 19.3 Å². The first kappa shape index (κ1) is 23.1. The van der Waals surface area contributed by atoms with Gasteiger partial charge in [-0.1, -0.05) is 6.42 Å². The van der Waals surface area contributed by atoms with Crippen molar-refractivity contribution in [3.63, 3.8) is 0 Å². The van der Waals surface area contributed by atoms with Crippen LogP contribution in [0.5, 0.6) is 0 Å². The maximum atomic E-state index is 11.5. The quantitative estimate of drug-likeness (QED) is 0.346. The Bertz CT molecular complexity index is 734. The normalized spacial score (nSPS) is 37.4. The number of hydrogen-bond acceptors (Lipinski definition) is 11. The van der Waals surface area contributed by atoms with Crippen molar-refractivity contribution >= 4 is 36.2 Å². The van der Waals surface area contributed by atoms with E-state index in [1.807, 2.05) is 6.26 Å². The van der Waals surface area contributed by atoms with E-state index in [1.165, 1.54) is 18.1 Å². The largest absolute Gasteiger partial charge is 0.466 e. The lowest BCUT2D eigenvalue weighted by atomic mass is 9.92. The van der Waals surface area contributed by atoms with Crippen LogP contribution in [0, 0.1) is 0 Å². The summed E-state index contributed by atoms with van der Waals surface area (Å²) in [6.07, 6.45) is 4.70. The number of carbonyl (C=O) groups excluding carboxylic acids is 1. The predicted octanol–water partition coefficient (Wildman–Crippen LogP) is 0.465. The zero-order chi connectivity index (χ0) is 21.9. The molecule has 0 spiro atoms. The average molecular weight is 442 g/mol. The van der Waals surface area contributed by atoms with Crippen molar-refractivity contribution in [3.8, 4) is 0 Å². The smallest absolute Gasteiger partial charge is 0.305 e. The number of nitrogens with two attached hydrogens (primary N) is 1. The van der Waals surface area contributed by atoms with Crippen LogP contribution >= 0.6 is 11.8 Å². The maximum absolute atomic E-state index is 11.5. The van der Waals surface area contributed by atoms with Crippen molar-refractivity contribution in [2.45, 2.75) is 81.0 Å². The Morgan fingerprint density at radius 1 is 1.33 bits per heavy atom. The van der Waals surface area contributed by atoms with Crippen LogP contribution in [0.25, 0.3) is 0 Å². The predicted molar refractivity (Wildman–Crippen MR) is 115 cm³/mol. The van der Waals surface area contributed by atoms with Crippen molar-refractivity contribution in [1.29, 1.82) is 0 Å². The summed E-state index contributed by atoms with van der Waals surface area (Å²) < 4.78 is 10.7. The third-order valence-corrected chi connectivity index (χ3v) is 6.99. The second-order valence-corrected chi connectivity index (χ2v) is 8.70. The minimum Gasteiger partial charge on any atom is -0.466 e. The Balaban J connectivity index is 1.67. The molecule has 3 rings (SSSR count). The number of carbonyl (C=O) groups is 1. The molecule has 0 radical (unpaired) electrons. The van der Waals surface area contributed by atoms with Gasteiger partial charge in [0.25, 0.3) is 0 Å². The van der Waals surface area contributed by atoms with E-state index in [2.05, 4.69) is 15.0 Å². The second kappa shape index (κ2) is 9.31. The van der Waals surface area contributed by atoms with Crippen LogP contribution < -0.4 is 5.73 Å². The minimum atomic E-state index is -1.10. The van der Waals surface area contributed by atoms with E-state index < -0.39 is 35.1 Å². The number of thioether (sulfide) groups is 1. The minimum absolute atomic E-state index is 0.187. The van der Waals surface area contributed by atoms with Gasteiger partial charge in [0.1, 0.15) is 18.5 Å². The van der Waals surface area contributed by atoms with Crippen molar-refractivity contribution in [3.05, 3.63) is 0 Å². The van der Waals surface area contributed by atoms with Crippen LogP contribution in [0.2, 0.25) is 0 Å². The first-order chi connectivity index (χ1) is 14.3. The number of fused-ring (bicyclic) bond motifs is 1. The number of aliphatic hydroxyl groups is 2. The molecule has 0 bridgehead atoms. The van der Waals surface area contributed by atoms with E-state index in [-0.39, 0.29) is 5.97 Å². The molecule has 0 aliphatic carbocycles. The molecule has 168 valence electrons. The summed E-state index contributed by atoms with van der Waals surface area (Å²) in [5, 5.41) is 20.5. The highest BCUT2D eigenvalue weighted by Gasteiger charge is 2.60. The highest BCUT2D eigenvalue weighted by Crippen LogP contribution is 2.46. The number of ether oxygens (including phenoxy) is 2. The van der Waals surface area contributed by atoms with E-state index in [1.54, 1.807) is 25.1 Å². The molecule has 0 aromatic heterocycles.